The lowest BCUT2D eigenvalue weighted by molar-refractivity contribution is -0.168. The number of methoxy groups -OCH3 is 2. The molecule has 0 radical (unpaired) electrons. The van der Waals surface area contributed by atoms with Crippen LogP contribution in [0.4, 0.5) is 5.82 Å². The van der Waals surface area contributed by atoms with Gasteiger partial charge in [-0.15, -0.1) is 0 Å². The van der Waals surface area contributed by atoms with Gasteiger partial charge in [-0.1, -0.05) is 72.8 Å². The third kappa shape index (κ3) is 5.67. The second-order valence-electron chi connectivity index (χ2n) is 9.34. The maximum absolute atomic E-state index is 12.6. The van der Waals surface area contributed by atoms with Gasteiger partial charge >= 0.3 is 5.69 Å². The first-order valence-corrected chi connectivity index (χ1v) is 12.5. The highest BCUT2D eigenvalue weighted by atomic mass is 16.7. The molecule has 1 unspecified atom stereocenters. The fourth-order valence-electron chi connectivity index (χ4n) is 5.07. The third-order valence-electron chi connectivity index (χ3n) is 6.97. The molecule has 3 aromatic rings. The highest BCUT2D eigenvalue weighted by molar-refractivity contribution is 5.87. The molecular formula is C30H33N3O5. The summed E-state index contributed by atoms with van der Waals surface area (Å²) in [7, 11) is 3.22. The number of allylic oxidation sites excluding steroid dienone is 2. The molecule has 0 saturated heterocycles. The smallest absolute Gasteiger partial charge is 0.349 e. The zero-order chi connectivity index (χ0) is 27.2. The van der Waals surface area contributed by atoms with E-state index in [4.69, 9.17) is 9.47 Å². The third-order valence-corrected chi connectivity index (χ3v) is 6.97. The molecule has 2 N–H and O–H groups in total. The molecule has 2 aromatic carbocycles. The molecule has 1 aromatic heterocycles. The maximum atomic E-state index is 12.6. The van der Waals surface area contributed by atoms with Gasteiger partial charge in [-0.05, 0) is 35.3 Å². The van der Waals surface area contributed by atoms with Crippen LogP contribution in [0.5, 0.6) is 0 Å². The van der Waals surface area contributed by atoms with Crippen LogP contribution >= 0.6 is 0 Å². The summed E-state index contributed by atoms with van der Waals surface area (Å²) in [5, 5.41) is 14.0. The fraction of sp³-hybridized carbons (Fsp3) is 0.300. The van der Waals surface area contributed by atoms with Gasteiger partial charge in [-0.25, -0.2) is 4.79 Å². The summed E-state index contributed by atoms with van der Waals surface area (Å²) in [6, 6.07) is 21.6. The van der Waals surface area contributed by atoms with Gasteiger partial charge in [0.25, 0.3) is 0 Å². The molecule has 1 heterocycles. The number of carbonyl (C=O) groups excluding carboxylic acids is 1. The Morgan fingerprint density at radius 3 is 2.16 bits per heavy atom. The number of aliphatic hydroxyl groups excluding tert-OH is 1. The summed E-state index contributed by atoms with van der Waals surface area (Å²) in [4.78, 5) is 27.9. The number of ether oxygens (including phenoxy) is 2. The zero-order valence-electron chi connectivity index (χ0n) is 21.8. The normalized spacial score (nSPS) is 15.5. The number of nitrogens with zero attached hydrogens (tertiary/aromatic N) is 2. The Hall–Kier alpha value is -3.85. The Bertz CT molecular complexity index is 1320. The van der Waals surface area contributed by atoms with Crippen LogP contribution in [0, 0.1) is 0 Å². The van der Waals surface area contributed by atoms with Gasteiger partial charge in [0.2, 0.25) is 5.91 Å². The van der Waals surface area contributed by atoms with Crippen LogP contribution in [-0.2, 0) is 26.2 Å². The Morgan fingerprint density at radius 2 is 1.68 bits per heavy atom. The fourth-order valence-corrected chi connectivity index (χ4v) is 5.07. The number of carbonyl (C=O) groups is 1. The number of hydrogen-bond donors (Lipinski definition) is 2. The molecule has 0 fully saturated rings. The molecule has 8 heteroatoms. The van der Waals surface area contributed by atoms with Crippen LogP contribution in [0.25, 0.3) is 0 Å². The minimum absolute atomic E-state index is 0.0324. The van der Waals surface area contributed by atoms with Crippen LogP contribution in [0.15, 0.2) is 102 Å². The van der Waals surface area contributed by atoms with E-state index < -0.39 is 23.0 Å². The maximum Gasteiger partial charge on any atom is 0.349 e. The molecule has 198 valence electrons. The van der Waals surface area contributed by atoms with Crippen molar-refractivity contribution in [3.8, 4) is 0 Å². The highest BCUT2D eigenvalue weighted by Gasteiger charge is 2.41. The lowest BCUT2D eigenvalue weighted by atomic mass is 9.64. The van der Waals surface area contributed by atoms with Gasteiger partial charge in [0, 0.05) is 39.2 Å². The molecule has 38 heavy (non-hydrogen) atoms. The molecule has 1 atom stereocenters. The van der Waals surface area contributed by atoms with Gasteiger partial charge in [0.05, 0.1) is 12.6 Å². The predicted octanol–water partition coefficient (Wildman–Crippen LogP) is 3.81. The zero-order valence-corrected chi connectivity index (χ0v) is 21.8. The lowest BCUT2D eigenvalue weighted by Crippen LogP contribution is -2.39. The first kappa shape index (κ1) is 27.2. The average Bonchev–Trinajstić information content (AvgIpc) is 2.94. The van der Waals surface area contributed by atoms with Gasteiger partial charge < -0.3 is 19.9 Å². The largest absolute Gasteiger partial charge is 0.391 e. The van der Waals surface area contributed by atoms with Gasteiger partial charge in [-0.2, -0.15) is 4.98 Å². The molecular weight excluding hydrogens is 482 g/mol. The monoisotopic (exact) mass is 515 g/mol. The standard InChI is InChI=1S/C30H33N3O5/c1-22(34)31-27-16-19-33(28(36)32-27)21-26(35)20-30(23-10-6-4-7-11-23,24-12-8-5-9-13-24)25-14-17-29(37-2,38-3)18-15-25/h4-17,19,26,35H,18,20-21H2,1-3H3,(H,31,32,34,36). The molecule has 0 saturated carbocycles. The van der Waals surface area contributed by atoms with Crippen molar-refractivity contribution in [2.45, 2.75) is 43.6 Å². The number of hydrogen-bond acceptors (Lipinski definition) is 6. The highest BCUT2D eigenvalue weighted by Crippen LogP contribution is 2.46. The Morgan fingerprint density at radius 1 is 1.08 bits per heavy atom. The number of aliphatic hydroxyl groups is 1. The molecule has 1 aliphatic rings. The molecule has 0 bridgehead atoms. The molecule has 1 aliphatic carbocycles. The van der Waals surface area contributed by atoms with E-state index in [0.717, 1.165) is 16.7 Å². The van der Waals surface area contributed by atoms with Crippen LogP contribution in [0.3, 0.4) is 0 Å². The van der Waals surface area contributed by atoms with Crippen LogP contribution < -0.4 is 11.0 Å². The number of nitrogens with one attached hydrogen (secondary N) is 1. The summed E-state index contributed by atoms with van der Waals surface area (Å²) in [6.07, 6.45) is 7.41. The Balaban J connectivity index is 1.76. The van der Waals surface area contributed by atoms with Crippen molar-refractivity contribution in [3.05, 3.63) is 118 Å². The number of rotatable bonds is 10. The van der Waals surface area contributed by atoms with E-state index >= 15 is 0 Å². The lowest BCUT2D eigenvalue weighted by Gasteiger charge is -2.41. The van der Waals surface area contributed by atoms with E-state index in [1.54, 1.807) is 20.3 Å². The molecule has 0 aliphatic heterocycles. The molecule has 0 spiro atoms. The predicted molar refractivity (Wildman–Crippen MR) is 146 cm³/mol. The Kier molecular flexibility index (Phi) is 8.36. The van der Waals surface area contributed by atoms with E-state index in [0.29, 0.717) is 12.8 Å². The van der Waals surface area contributed by atoms with Gasteiger partial charge in [0.15, 0.2) is 5.79 Å². The van der Waals surface area contributed by atoms with Crippen molar-refractivity contribution in [3.63, 3.8) is 0 Å². The van der Waals surface area contributed by atoms with E-state index in [9.17, 15) is 14.7 Å². The van der Waals surface area contributed by atoms with Crippen molar-refractivity contribution in [1.82, 2.24) is 9.55 Å². The van der Waals surface area contributed by atoms with Gasteiger partial charge in [-0.3, -0.25) is 9.36 Å². The van der Waals surface area contributed by atoms with Crippen LogP contribution in [-0.4, -0.2) is 46.7 Å². The summed E-state index contributed by atoms with van der Waals surface area (Å²) in [5.74, 6) is -0.992. The molecule has 1 amide bonds. The number of amides is 1. The first-order chi connectivity index (χ1) is 18.3. The molecule has 8 nitrogen and oxygen atoms in total. The van der Waals surface area contributed by atoms with Crippen molar-refractivity contribution in [2.24, 2.45) is 0 Å². The topological polar surface area (TPSA) is 103 Å². The van der Waals surface area contributed by atoms with Crippen molar-refractivity contribution in [1.29, 1.82) is 0 Å². The second kappa shape index (κ2) is 11.7. The van der Waals surface area contributed by atoms with Crippen LogP contribution in [0.2, 0.25) is 0 Å². The minimum atomic E-state index is -0.910. The van der Waals surface area contributed by atoms with Crippen molar-refractivity contribution >= 4 is 11.7 Å². The molecule has 4 rings (SSSR count). The number of aromatic nitrogens is 2. The van der Waals surface area contributed by atoms with E-state index in [2.05, 4.69) is 40.6 Å². The van der Waals surface area contributed by atoms with E-state index in [1.807, 2.05) is 48.6 Å². The first-order valence-electron chi connectivity index (χ1n) is 12.5. The summed E-state index contributed by atoms with van der Waals surface area (Å²) >= 11 is 0. The number of benzene rings is 2. The Labute approximate surface area is 222 Å². The van der Waals surface area contributed by atoms with E-state index in [-0.39, 0.29) is 18.3 Å². The summed E-state index contributed by atoms with van der Waals surface area (Å²) in [6.45, 7) is 1.38. The summed E-state index contributed by atoms with van der Waals surface area (Å²) < 4.78 is 12.6. The SMILES string of the molecule is COC1(OC)C=CC(C(CC(O)Cn2ccc(NC(C)=O)nc2=O)(c2ccccc2)c2ccccc2)=CC1. The van der Waals surface area contributed by atoms with Crippen molar-refractivity contribution < 1.29 is 19.4 Å². The quantitative estimate of drug-likeness (QED) is 0.398. The van der Waals surface area contributed by atoms with Gasteiger partial charge in [0.1, 0.15) is 5.82 Å². The summed E-state index contributed by atoms with van der Waals surface area (Å²) in [5.41, 5.74) is 1.73. The average molecular weight is 516 g/mol. The van der Waals surface area contributed by atoms with E-state index in [1.165, 1.54) is 17.7 Å². The van der Waals surface area contributed by atoms with Crippen LogP contribution in [0.1, 0.15) is 30.9 Å². The number of anilines is 1. The minimum Gasteiger partial charge on any atom is -0.391 e. The van der Waals surface area contributed by atoms with Crippen molar-refractivity contribution in [2.75, 3.05) is 19.5 Å². The second-order valence-corrected chi connectivity index (χ2v) is 9.34.